The number of rotatable bonds is 47. The Labute approximate surface area is 389 Å². The quantitative estimate of drug-likeness (QED) is 0.0262. The fraction of sp³-hybridized carbons (Fsp3) is 0.737. The van der Waals surface area contributed by atoms with Crippen LogP contribution in [0.4, 0.5) is 0 Å². The molecule has 63 heavy (non-hydrogen) atoms. The molecule has 0 heterocycles. The molecule has 0 saturated heterocycles. The van der Waals surface area contributed by atoms with Crippen LogP contribution < -0.4 is 0 Å². The van der Waals surface area contributed by atoms with Crippen LogP contribution in [0.1, 0.15) is 252 Å². The summed E-state index contributed by atoms with van der Waals surface area (Å²) in [4.78, 5) is 38.0. The Morgan fingerprint density at radius 2 is 0.619 bits per heavy atom. The van der Waals surface area contributed by atoms with Gasteiger partial charge in [-0.1, -0.05) is 216 Å². The van der Waals surface area contributed by atoms with Crippen molar-refractivity contribution in [1.29, 1.82) is 0 Å². The van der Waals surface area contributed by atoms with Crippen molar-refractivity contribution < 1.29 is 28.6 Å². The number of hydrogen-bond donors (Lipinski definition) is 0. The van der Waals surface area contributed by atoms with E-state index in [1.807, 2.05) is 0 Å². The molecule has 0 aromatic carbocycles. The summed E-state index contributed by atoms with van der Waals surface area (Å²) in [7, 11) is 0. The largest absolute Gasteiger partial charge is 0.462 e. The fourth-order valence-corrected chi connectivity index (χ4v) is 7.23. The van der Waals surface area contributed by atoms with Gasteiger partial charge < -0.3 is 14.2 Å². The summed E-state index contributed by atoms with van der Waals surface area (Å²) >= 11 is 0. The van der Waals surface area contributed by atoms with Crippen LogP contribution in [0.2, 0.25) is 0 Å². The third-order valence-electron chi connectivity index (χ3n) is 11.2. The van der Waals surface area contributed by atoms with Crippen molar-refractivity contribution in [1.82, 2.24) is 0 Å². The molecular formula is C57H98O6. The van der Waals surface area contributed by atoms with Gasteiger partial charge in [-0.15, -0.1) is 0 Å². The predicted molar refractivity (Wildman–Crippen MR) is 270 cm³/mol. The zero-order valence-corrected chi connectivity index (χ0v) is 41.3. The maximum Gasteiger partial charge on any atom is 0.306 e. The van der Waals surface area contributed by atoms with E-state index in [2.05, 4.69) is 93.7 Å². The highest BCUT2D eigenvalue weighted by atomic mass is 16.6. The fourth-order valence-electron chi connectivity index (χ4n) is 7.23. The van der Waals surface area contributed by atoms with Crippen molar-refractivity contribution in [3.05, 3.63) is 72.9 Å². The Hall–Kier alpha value is -3.15. The molecule has 0 aliphatic carbocycles. The first-order valence-corrected chi connectivity index (χ1v) is 26.4. The smallest absolute Gasteiger partial charge is 0.306 e. The third kappa shape index (κ3) is 49.7. The summed E-state index contributed by atoms with van der Waals surface area (Å²) in [5.41, 5.74) is 0. The molecule has 1 unspecified atom stereocenters. The van der Waals surface area contributed by atoms with E-state index in [4.69, 9.17) is 14.2 Å². The molecule has 0 fully saturated rings. The van der Waals surface area contributed by atoms with Gasteiger partial charge in [-0.05, 0) is 89.9 Å². The van der Waals surface area contributed by atoms with Gasteiger partial charge in [-0.2, -0.15) is 0 Å². The number of hydrogen-bond acceptors (Lipinski definition) is 6. The van der Waals surface area contributed by atoms with Gasteiger partial charge in [0.05, 0.1) is 0 Å². The average molecular weight is 879 g/mol. The van der Waals surface area contributed by atoms with Gasteiger partial charge in [0.25, 0.3) is 0 Å². The SMILES string of the molecule is CC/C=C\C/C=C\C/C=C\C/C=C\C/C=C\CCCCCC(=O)OCC(COC(=O)CCCCCCCCCCCCC)OC(=O)CCCCCCCCC/C=C\CCCCCC. The molecule has 6 nitrogen and oxygen atoms in total. The average Bonchev–Trinajstić information content (AvgIpc) is 3.28. The molecule has 0 spiro atoms. The van der Waals surface area contributed by atoms with E-state index in [0.29, 0.717) is 19.3 Å². The molecule has 0 aliphatic rings. The van der Waals surface area contributed by atoms with Crippen molar-refractivity contribution >= 4 is 17.9 Å². The van der Waals surface area contributed by atoms with Crippen molar-refractivity contribution in [3.63, 3.8) is 0 Å². The van der Waals surface area contributed by atoms with Gasteiger partial charge in [0.15, 0.2) is 6.10 Å². The molecule has 6 heteroatoms. The second-order valence-corrected chi connectivity index (χ2v) is 17.4. The molecule has 0 N–H and O–H groups in total. The number of esters is 3. The van der Waals surface area contributed by atoms with Gasteiger partial charge in [-0.3, -0.25) is 14.4 Å². The molecule has 0 aliphatic heterocycles. The van der Waals surface area contributed by atoms with Crippen molar-refractivity contribution in [2.45, 2.75) is 258 Å². The van der Waals surface area contributed by atoms with E-state index in [-0.39, 0.29) is 31.1 Å². The van der Waals surface area contributed by atoms with Crippen LogP contribution in [0.3, 0.4) is 0 Å². The monoisotopic (exact) mass is 879 g/mol. The maximum absolute atomic E-state index is 12.8. The lowest BCUT2D eigenvalue weighted by atomic mass is 10.1. The first kappa shape index (κ1) is 59.9. The number of carbonyl (C=O) groups excluding carboxylic acids is 3. The maximum atomic E-state index is 12.8. The van der Waals surface area contributed by atoms with Crippen molar-refractivity contribution in [3.8, 4) is 0 Å². The number of ether oxygens (including phenoxy) is 3. The minimum absolute atomic E-state index is 0.0861. The molecule has 0 aromatic rings. The summed E-state index contributed by atoms with van der Waals surface area (Å²) < 4.78 is 16.8. The second-order valence-electron chi connectivity index (χ2n) is 17.4. The van der Waals surface area contributed by atoms with Crippen LogP contribution in [0.15, 0.2) is 72.9 Å². The van der Waals surface area contributed by atoms with Gasteiger partial charge in [0, 0.05) is 19.3 Å². The standard InChI is InChI=1S/C57H98O6/c1-4-7-10-13-16-19-22-24-26-27-28-29-31-32-35-38-41-44-47-50-56(59)62-53-54(52-61-55(58)49-46-43-40-37-34-21-18-15-12-9-6-3)63-57(60)51-48-45-42-39-36-33-30-25-23-20-17-14-11-8-5-2/h7,10,16,19-20,23-24,26,28-29,32,35,54H,4-6,8-9,11-15,17-18,21-22,25,27,30-31,33-34,36-53H2,1-3H3/b10-7-,19-16-,23-20-,26-24-,29-28-,35-32-. The predicted octanol–water partition coefficient (Wildman–Crippen LogP) is 17.4. The van der Waals surface area contributed by atoms with E-state index in [1.54, 1.807) is 0 Å². The number of allylic oxidation sites excluding steroid dienone is 12. The molecule has 0 bridgehead atoms. The first-order chi connectivity index (χ1) is 31.0. The molecule has 362 valence electrons. The Morgan fingerprint density at radius 1 is 0.333 bits per heavy atom. The lowest BCUT2D eigenvalue weighted by Crippen LogP contribution is -2.30. The highest BCUT2D eigenvalue weighted by Crippen LogP contribution is 2.14. The van der Waals surface area contributed by atoms with E-state index in [9.17, 15) is 14.4 Å². The molecule has 0 aromatic heterocycles. The van der Waals surface area contributed by atoms with Gasteiger partial charge in [0.1, 0.15) is 13.2 Å². The lowest BCUT2D eigenvalue weighted by Gasteiger charge is -2.18. The van der Waals surface area contributed by atoms with Crippen LogP contribution >= 0.6 is 0 Å². The molecule has 0 rings (SSSR count). The van der Waals surface area contributed by atoms with Crippen LogP contribution in [-0.2, 0) is 28.6 Å². The Kier molecular flexibility index (Phi) is 48.9. The molecule has 0 amide bonds. The lowest BCUT2D eigenvalue weighted by molar-refractivity contribution is -0.167. The summed E-state index contributed by atoms with van der Waals surface area (Å²) in [6, 6.07) is 0. The molecule has 1 atom stereocenters. The van der Waals surface area contributed by atoms with E-state index < -0.39 is 6.10 Å². The molecular weight excluding hydrogens is 781 g/mol. The molecule has 0 saturated carbocycles. The van der Waals surface area contributed by atoms with E-state index >= 15 is 0 Å². The van der Waals surface area contributed by atoms with Crippen molar-refractivity contribution in [2.24, 2.45) is 0 Å². The normalized spacial score (nSPS) is 12.6. The van der Waals surface area contributed by atoms with E-state index in [0.717, 1.165) is 96.3 Å². The summed E-state index contributed by atoms with van der Waals surface area (Å²) in [6.45, 7) is 6.48. The Morgan fingerprint density at radius 3 is 1.02 bits per heavy atom. The first-order valence-electron chi connectivity index (χ1n) is 26.4. The summed E-state index contributed by atoms with van der Waals surface area (Å²) in [5.74, 6) is -0.921. The van der Waals surface area contributed by atoms with Crippen LogP contribution in [-0.4, -0.2) is 37.2 Å². The highest BCUT2D eigenvalue weighted by Gasteiger charge is 2.19. The molecule has 0 radical (unpaired) electrons. The van der Waals surface area contributed by atoms with Gasteiger partial charge in [0.2, 0.25) is 0 Å². The van der Waals surface area contributed by atoms with Gasteiger partial charge in [-0.25, -0.2) is 0 Å². The minimum atomic E-state index is -0.788. The van der Waals surface area contributed by atoms with Crippen LogP contribution in [0.5, 0.6) is 0 Å². The number of carbonyl (C=O) groups is 3. The highest BCUT2D eigenvalue weighted by molar-refractivity contribution is 5.71. The second kappa shape index (κ2) is 51.5. The minimum Gasteiger partial charge on any atom is -0.462 e. The Balaban J connectivity index is 4.42. The van der Waals surface area contributed by atoms with Crippen molar-refractivity contribution in [2.75, 3.05) is 13.2 Å². The summed E-state index contributed by atoms with van der Waals surface area (Å²) in [6.07, 6.45) is 64.5. The van der Waals surface area contributed by atoms with Crippen LogP contribution in [0.25, 0.3) is 0 Å². The van der Waals surface area contributed by atoms with Crippen LogP contribution in [0, 0.1) is 0 Å². The van der Waals surface area contributed by atoms with E-state index in [1.165, 1.54) is 116 Å². The number of unbranched alkanes of at least 4 members (excludes halogenated alkanes) is 24. The zero-order valence-electron chi connectivity index (χ0n) is 41.3. The Bertz CT molecular complexity index is 1190. The van der Waals surface area contributed by atoms with Gasteiger partial charge >= 0.3 is 17.9 Å². The summed E-state index contributed by atoms with van der Waals surface area (Å²) in [5, 5.41) is 0. The topological polar surface area (TPSA) is 78.9 Å². The third-order valence-corrected chi connectivity index (χ3v) is 11.2. The zero-order chi connectivity index (χ0) is 45.8.